The van der Waals surface area contributed by atoms with Gasteiger partial charge in [-0.05, 0) is 41.5 Å². The Labute approximate surface area is 103 Å². The van der Waals surface area contributed by atoms with Gasteiger partial charge in [0.1, 0.15) is 0 Å². The second-order valence-electron chi connectivity index (χ2n) is 6.33. The van der Waals surface area contributed by atoms with Gasteiger partial charge in [-0.3, -0.25) is 9.59 Å². The van der Waals surface area contributed by atoms with Crippen molar-refractivity contribution in [1.29, 1.82) is 0 Å². The van der Waals surface area contributed by atoms with Crippen LogP contribution in [-0.4, -0.2) is 22.9 Å². The molecule has 5 heteroatoms. The predicted molar refractivity (Wildman–Crippen MR) is 68.1 cm³/mol. The van der Waals surface area contributed by atoms with Crippen molar-refractivity contribution in [2.45, 2.75) is 59.0 Å². The number of nitrogens with two attached hydrogens (primary N) is 2. The summed E-state index contributed by atoms with van der Waals surface area (Å²) < 4.78 is 0. The fourth-order valence-corrected chi connectivity index (χ4v) is 1.24. The van der Waals surface area contributed by atoms with Gasteiger partial charge >= 0.3 is 0 Å². The smallest absolute Gasteiger partial charge is 0.227 e. The van der Waals surface area contributed by atoms with E-state index in [4.69, 9.17) is 11.5 Å². The first kappa shape index (κ1) is 15.9. The van der Waals surface area contributed by atoms with Gasteiger partial charge < -0.3 is 16.8 Å². The Balaban J connectivity index is 4.82. The average Bonchev–Trinajstić information content (AvgIpc) is 1.97. The van der Waals surface area contributed by atoms with E-state index in [1.165, 1.54) is 0 Å². The normalized spacial score (nSPS) is 13.4. The van der Waals surface area contributed by atoms with Crippen molar-refractivity contribution in [3.63, 3.8) is 0 Å². The molecule has 0 aliphatic carbocycles. The standard InChI is InChI=1S/C12H25N3O2/c1-10(2,7-8(13)16)15-9(17)11(3,4)12(5,6)14/h7,14H2,1-6H3,(H2,13,16)(H,15,17). The summed E-state index contributed by atoms with van der Waals surface area (Å²) in [5.74, 6) is -0.628. The Morgan fingerprint density at radius 2 is 1.47 bits per heavy atom. The number of rotatable bonds is 5. The minimum Gasteiger partial charge on any atom is -0.370 e. The fourth-order valence-electron chi connectivity index (χ4n) is 1.24. The van der Waals surface area contributed by atoms with Crippen LogP contribution in [0.5, 0.6) is 0 Å². The van der Waals surface area contributed by atoms with Crippen LogP contribution in [0.2, 0.25) is 0 Å². The summed E-state index contributed by atoms with van der Waals surface area (Å²) in [6, 6.07) is 0. The Morgan fingerprint density at radius 1 is 1.06 bits per heavy atom. The van der Waals surface area contributed by atoms with Crippen molar-refractivity contribution in [1.82, 2.24) is 5.32 Å². The molecule has 2 amide bonds. The third kappa shape index (κ3) is 4.34. The summed E-state index contributed by atoms with van der Waals surface area (Å²) in [4.78, 5) is 23.1. The lowest BCUT2D eigenvalue weighted by Gasteiger charge is -2.39. The summed E-state index contributed by atoms with van der Waals surface area (Å²) in [5.41, 5.74) is 9.07. The van der Waals surface area contributed by atoms with Crippen molar-refractivity contribution < 1.29 is 9.59 Å². The van der Waals surface area contributed by atoms with Gasteiger partial charge in [0, 0.05) is 17.5 Å². The first-order valence-electron chi connectivity index (χ1n) is 5.69. The molecule has 0 rings (SSSR count). The zero-order valence-corrected chi connectivity index (χ0v) is 11.7. The molecule has 5 nitrogen and oxygen atoms in total. The van der Waals surface area contributed by atoms with Crippen LogP contribution in [0.25, 0.3) is 0 Å². The average molecular weight is 243 g/mol. The second-order valence-corrected chi connectivity index (χ2v) is 6.33. The first-order valence-corrected chi connectivity index (χ1v) is 5.69. The molecule has 0 fully saturated rings. The molecule has 0 unspecified atom stereocenters. The number of carbonyl (C=O) groups is 2. The summed E-state index contributed by atoms with van der Waals surface area (Å²) >= 11 is 0. The van der Waals surface area contributed by atoms with E-state index in [-0.39, 0.29) is 12.3 Å². The summed E-state index contributed by atoms with van der Waals surface area (Å²) in [6.45, 7) is 10.7. The molecule has 0 saturated heterocycles. The second kappa shape index (κ2) is 4.64. The van der Waals surface area contributed by atoms with Crippen LogP contribution in [0.15, 0.2) is 0 Å². The fraction of sp³-hybridized carbons (Fsp3) is 0.833. The van der Waals surface area contributed by atoms with E-state index in [9.17, 15) is 9.59 Å². The van der Waals surface area contributed by atoms with Crippen molar-refractivity contribution in [3.05, 3.63) is 0 Å². The van der Waals surface area contributed by atoms with E-state index >= 15 is 0 Å². The van der Waals surface area contributed by atoms with Crippen LogP contribution in [0.1, 0.15) is 48.0 Å². The van der Waals surface area contributed by atoms with E-state index in [0.717, 1.165) is 0 Å². The van der Waals surface area contributed by atoms with Crippen molar-refractivity contribution in [2.24, 2.45) is 16.9 Å². The molecule has 0 atom stereocenters. The van der Waals surface area contributed by atoms with Gasteiger partial charge in [0.05, 0.1) is 5.41 Å². The third-order valence-electron chi connectivity index (χ3n) is 3.25. The van der Waals surface area contributed by atoms with Gasteiger partial charge in [0.15, 0.2) is 0 Å². The van der Waals surface area contributed by atoms with Gasteiger partial charge in [0.25, 0.3) is 0 Å². The molecule has 0 bridgehead atoms. The maximum Gasteiger partial charge on any atom is 0.227 e. The Kier molecular flexibility index (Phi) is 4.34. The molecule has 0 saturated carbocycles. The summed E-state index contributed by atoms with van der Waals surface area (Å²) in [7, 11) is 0. The highest BCUT2D eigenvalue weighted by Crippen LogP contribution is 2.29. The predicted octanol–water partition coefficient (Wildman–Crippen LogP) is 0.520. The largest absolute Gasteiger partial charge is 0.370 e. The van der Waals surface area contributed by atoms with Crippen LogP contribution >= 0.6 is 0 Å². The number of nitrogens with one attached hydrogen (secondary N) is 1. The van der Waals surface area contributed by atoms with Gasteiger partial charge in [-0.1, -0.05) is 0 Å². The Bertz CT molecular complexity index is 314. The van der Waals surface area contributed by atoms with Crippen LogP contribution in [0.4, 0.5) is 0 Å². The highest BCUT2D eigenvalue weighted by molar-refractivity contribution is 5.85. The molecule has 0 aromatic rings. The Hall–Kier alpha value is -1.10. The van der Waals surface area contributed by atoms with Gasteiger partial charge in [-0.2, -0.15) is 0 Å². The first-order chi connectivity index (χ1) is 7.29. The van der Waals surface area contributed by atoms with Crippen molar-refractivity contribution in [3.8, 4) is 0 Å². The van der Waals surface area contributed by atoms with Crippen LogP contribution in [0.3, 0.4) is 0 Å². The third-order valence-corrected chi connectivity index (χ3v) is 3.25. The molecular weight excluding hydrogens is 218 g/mol. The molecular formula is C12H25N3O2. The molecule has 0 heterocycles. The number of carbonyl (C=O) groups excluding carboxylic acids is 2. The number of hydrogen-bond donors (Lipinski definition) is 3. The lowest BCUT2D eigenvalue weighted by atomic mass is 9.74. The summed E-state index contributed by atoms with van der Waals surface area (Å²) in [5, 5.41) is 2.81. The Morgan fingerprint density at radius 3 is 1.76 bits per heavy atom. The van der Waals surface area contributed by atoms with Crippen LogP contribution < -0.4 is 16.8 Å². The van der Waals surface area contributed by atoms with E-state index in [1.807, 2.05) is 0 Å². The van der Waals surface area contributed by atoms with Gasteiger partial charge in [-0.15, -0.1) is 0 Å². The molecule has 0 radical (unpaired) electrons. The number of hydrogen-bond acceptors (Lipinski definition) is 3. The van der Waals surface area contributed by atoms with E-state index in [2.05, 4.69) is 5.32 Å². The quantitative estimate of drug-likeness (QED) is 0.656. The SMILES string of the molecule is CC(C)(CC(N)=O)NC(=O)C(C)(C)C(C)(C)N. The molecule has 0 aliphatic rings. The zero-order valence-electron chi connectivity index (χ0n) is 11.7. The minimum atomic E-state index is -0.734. The topological polar surface area (TPSA) is 98.2 Å². The number of primary amides is 1. The molecule has 0 aliphatic heterocycles. The highest BCUT2D eigenvalue weighted by atomic mass is 16.2. The van der Waals surface area contributed by atoms with Gasteiger partial charge in [-0.25, -0.2) is 0 Å². The number of amides is 2. The van der Waals surface area contributed by atoms with E-state index in [0.29, 0.717) is 0 Å². The van der Waals surface area contributed by atoms with E-state index < -0.39 is 22.4 Å². The molecule has 100 valence electrons. The molecule has 17 heavy (non-hydrogen) atoms. The monoisotopic (exact) mass is 243 g/mol. The maximum absolute atomic E-state index is 12.2. The molecule has 0 aromatic carbocycles. The van der Waals surface area contributed by atoms with Crippen LogP contribution in [0, 0.1) is 5.41 Å². The zero-order chi connectivity index (χ0) is 14.1. The van der Waals surface area contributed by atoms with Gasteiger partial charge in [0.2, 0.25) is 11.8 Å². The van der Waals surface area contributed by atoms with E-state index in [1.54, 1.807) is 41.5 Å². The van der Waals surface area contributed by atoms with Crippen LogP contribution in [-0.2, 0) is 9.59 Å². The molecule has 5 N–H and O–H groups in total. The highest BCUT2D eigenvalue weighted by Gasteiger charge is 2.42. The molecule has 0 spiro atoms. The lowest BCUT2D eigenvalue weighted by molar-refractivity contribution is -0.134. The van der Waals surface area contributed by atoms with Crippen molar-refractivity contribution >= 4 is 11.8 Å². The minimum absolute atomic E-state index is 0.0970. The molecule has 0 aromatic heterocycles. The maximum atomic E-state index is 12.2. The summed E-state index contributed by atoms with van der Waals surface area (Å²) in [6.07, 6.45) is 0.0970. The lowest BCUT2D eigenvalue weighted by Crippen LogP contribution is -2.59. The van der Waals surface area contributed by atoms with Crippen molar-refractivity contribution in [2.75, 3.05) is 0 Å².